The van der Waals surface area contributed by atoms with E-state index in [1.807, 2.05) is 0 Å². The van der Waals surface area contributed by atoms with E-state index in [1.54, 1.807) is 11.4 Å². The average Bonchev–Trinajstić information content (AvgIpc) is 3.07. The zero-order valence-corrected chi connectivity index (χ0v) is 11.0. The number of carbonyl (C=O) groups excluding carboxylic acids is 1. The van der Waals surface area contributed by atoms with Crippen molar-refractivity contribution in [1.29, 1.82) is 0 Å². The smallest absolute Gasteiger partial charge is 0.263 e. The average molecular weight is 283 g/mol. The summed E-state index contributed by atoms with van der Waals surface area (Å²) in [7, 11) is 1.51. The van der Waals surface area contributed by atoms with Crippen LogP contribution in [-0.2, 0) is 4.74 Å². The van der Waals surface area contributed by atoms with Crippen molar-refractivity contribution in [2.24, 2.45) is 0 Å². The highest BCUT2D eigenvalue weighted by Crippen LogP contribution is 2.19. The van der Waals surface area contributed by atoms with Gasteiger partial charge >= 0.3 is 0 Å². The van der Waals surface area contributed by atoms with Crippen LogP contribution in [0, 0.1) is 0 Å². The number of carbonyl (C=O) groups is 1. The molecule has 2 aromatic rings. The molecule has 0 aliphatic carbocycles. The van der Waals surface area contributed by atoms with Crippen LogP contribution in [0.1, 0.15) is 9.67 Å². The van der Waals surface area contributed by atoms with Gasteiger partial charge < -0.3 is 15.2 Å². The number of methoxy groups -OCH3 is 1. The van der Waals surface area contributed by atoms with Crippen LogP contribution in [0.2, 0.25) is 0 Å². The number of aliphatic hydroxyl groups is 1. The molecule has 1 amide bonds. The number of thiophene rings is 1. The fourth-order valence-corrected chi connectivity index (χ4v) is 2.30. The maximum atomic E-state index is 12.1. The van der Waals surface area contributed by atoms with E-state index in [0.29, 0.717) is 10.6 Å². The summed E-state index contributed by atoms with van der Waals surface area (Å²) in [6.45, 7) is 0.0546. The predicted molar refractivity (Wildman–Crippen MR) is 67.2 cm³/mol. The maximum Gasteiger partial charge on any atom is 0.263 e. The Morgan fingerprint density at radius 1 is 1.68 bits per heavy atom. The van der Waals surface area contributed by atoms with Crippen LogP contribution < -0.4 is 5.32 Å². The van der Waals surface area contributed by atoms with Crippen molar-refractivity contribution in [2.45, 2.75) is 6.04 Å². The Labute approximate surface area is 113 Å². The van der Waals surface area contributed by atoms with Gasteiger partial charge in [0.05, 0.1) is 24.9 Å². The quantitative estimate of drug-likeness (QED) is 0.738. The number of hydrogen-bond acceptors (Lipinski definition) is 7. The van der Waals surface area contributed by atoms with E-state index in [-0.39, 0.29) is 19.1 Å². The Bertz CT molecular complexity index is 527. The molecular formula is C10H13N5O3S. The van der Waals surface area contributed by atoms with Gasteiger partial charge in [-0.05, 0) is 21.9 Å². The van der Waals surface area contributed by atoms with Crippen LogP contribution in [0.4, 0.5) is 0 Å². The SMILES string of the molecule is COCC(CO)NC(=O)c1sccc1-n1cnnn1. The number of aromatic nitrogens is 4. The fraction of sp³-hybridized carbons (Fsp3) is 0.400. The Kier molecular flexibility index (Phi) is 4.55. The van der Waals surface area contributed by atoms with Crippen molar-refractivity contribution in [2.75, 3.05) is 20.3 Å². The minimum absolute atomic E-state index is 0.189. The molecular weight excluding hydrogens is 270 g/mol. The van der Waals surface area contributed by atoms with Crippen molar-refractivity contribution in [3.8, 4) is 5.69 Å². The molecule has 2 aromatic heterocycles. The summed E-state index contributed by atoms with van der Waals surface area (Å²) in [6.07, 6.45) is 1.41. The second-order valence-corrected chi connectivity index (χ2v) is 4.61. The van der Waals surface area contributed by atoms with Gasteiger partial charge in [0, 0.05) is 7.11 Å². The van der Waals surface area contributed by atoms with E-state index < -0.39 is 6.04 Å². The molecule has 8 nitrogen and oxygen atoms in total. The normalized spacial score (nSPS) is 12.3. The van der Waals surface area contributed by atoms with Crippen molar-refractivity contribution in [3.63, 3.8) is 0 Å². The van der Waals surface area contributed by atoms with Crippen LogP contribution in [0.25, 0.3) is 5.69 Å². The minimum atomic E-state index is -0.443. The molecule has 19 heavy (non-hydrogen) atoms. The fourth-order valence-electron chi connectivity index (χ4n) is 1.52. The second kappa shape index (κ2) is 6.36. The largest absolute Gasteiger partial charge is 0.394 e. The molecule has 2 N–H and O–H groups in total. The Morgan fingerprint density at radius 3 is 3.16 bits per heavy atom. The summed E-state index contributed by atoms with van der Waals surface area (Å²) >= 11 is 1.28. The second-order valence-electron chi connectivity index (χ2n) is 3.70. The lowest BCUT2D eigenvalue weighted by atomic mass is 10.3. The molecule has 0 spiro atoms. The first-order valence-corrected chi connectivity index (χ1v) is 6.35. The van der Waals surface area contributed by atoms with Crippen molar-refractivity contribution in [1.82, 2.24) is 25.5 Å². The minimum Gasteiger partial charge on any atom is -0.394 e. The lowest BCUT2D eigenvalue weighted by molar-refractivity contribution is 0.0843. The molecule has 102 valence electrons. The summed E-state index contributed by atoms with van der Waals surface area (Å²) in [6, 6.07) is 1.31. The Morgan fingerprint density at radius 2 is 2.53 bits per heavy atom. The molecule has 1 unspecified atom stereocenters. The third kappa shape index (κ3) is 3.13. The molecule has 0 radical (unpaired) electrons. The molecule has 0 aromatic carbocycles. The summed E-state index contributed by atoms with van der Waals surface area (Å²) in [5.74, 6) is -0.295. The molecule has 1 atom stereocenters. The van der Waals surface area contributed by atoms with Crippen LogP contribution >= 0.6 is 11.3 Å². The molecule has 0 saturated heterocycles. The first kappa shape index (κ1) is 13.6. The number of nitrogens with zero attached hydrogens (tertiary/aromatic N) is 4. The van der Waals surface area contributed by atoms with Gasteiger partial charge in [0.15, 0.2) is 0 Å². The Balaban J connectivity index is 2.14. The number of rotatable bonds is 6. The predicted octanol–water partition coefficient (Wildman–Crippen LogP) is -0.539. The van der Waals surface area contributed by atoms with E-state index in [1.165, 1.54) is 29.5 Å². The van der Waals surface area contributed by atoms with E-state index in [0.717, 1.165) is 0 Å². The van der Waals surface area contributed by atoms with Gasteiger partial charge in [-0.25, -0.2) is 0 Å². The van der Waals surface area contributed by atoms with E-state index >= 15 is 0 Å². The summed E-state index contributed by atoms with van der Waals surface area (Å²) in [4.78, 5) is 12.6. The van der Waals surface area contributed by atoms with Crippen LogP contribution in [0.15, 0.2) is 17.8 Å². The zero-order valence-electron chi connectivity index (χ0n) is 10.2. The molecule has 0 fully saturated rings. The molecule has 0 aliphatic rings. The molecule has 0 saturated carbocycles. The number of tetrazole rings is 1. The number of nitrogens with one attached hydrogen (secondary N) is 1. The Hall–Kier alpha value is -1.84. The summed E-state index contributed by atoms with van der Waals surface area (Å²) < 4.78 is 6.32. The monoisotopic (exact) mass is 283 g/mol. The number of ether oxygens (including phenoxy) is 1. The molecule has 9 heteroatoms. The van der Waals surface area contributed by atoms with Gasteiger partial charge in [0.1, 0.15) is 11.2 Å². The number of hydrogen-bond donors (Lipinski definition) is 2. The lowest BCUT2D eigenvalue weighted by Crippen LogP contribution is -2.40. The maximum absolute atomic E-state index is 12.1. The molecule has 2 rings (SSSR count). The van der Waals surface area contributed by atoms with Crippen molar-refractivity contribution in [3.05, 3.63) is 22.7 Å². The van der Waals surface area contributed by atoms with Crippen molar-refractivity contribution < 1.29 is 14.6 Å². The highest BCUT2D eigenvalue weighted by Gasteiger charge is 2.18. The third-order valence-electron chi connectivity index (χ3n) is 2.37. The van der Waals surface area contributed by atoms with E-state index in [9.17, 15) is 4.79 Å². The summed E-state index contributed by atoms with van der Waals surface area (Å²) in [5, 5.41) is 24.4. The zero-order chi connectivity index (χ0) is 13.7. The van der Waals surface area contributed by atoms with Gasteiger partial charge in [0.2, 0.25) is 0 Å². The summed E-state index contributed by atoms with van der Waals surface area (Å²) in [5.41, 5.74) is 0.599. The van der Waals surface area contributed by atoms with Crippen LogP contribution in [0.5, 0.6) is 0 Å². The first-order valence-electron chi connectivity index (χ1n) is 5.47. The molecule has 0 bridgehead atoms. The van der Waals surface area contributed by atoms with Gasteiger partial charge in [-0.15, -0.1) is 16.4 Å². The van der Waals surface area contributed by atoms with Gasteiger partial charge in [0.25, 0.3) is 5.91 Å². The van der Waals surface area contributed by atoms with Crippen LogP contribution in [0.3, 0.4) is 0 Å². The van der Waals surface area contributed by atoms with Gasteiger partial charge in [-0.2, -0.15) is 4.68 Å². The lowest BCUT2D eigenvalue weighted by Gasteiger charge is -2.14. The highest BCUT2D eigenvalue weighted by molar-refractivity contribution is 7.12. The van der Waals surface area contributed by atoms with Crippen LogP contribution in [-0.4, -0.2) is 57.6 Å². The molecule has 0 aliphatic heterocycles. The van der Waals surface area contributed by atoms with Gasteiger partial charge in [-0.1, -0.05) is 0 Å². The number of amides is 1. The molecule has 2 heterocycles. The highest BCUT2D eigenvalue weighted by atomic mass is 32.1. The van der Waals surface area contributed by atoms with Gasteiger partial charge in [-0.3, -0.25) is 4.79 Å². The van der Waals surface area contributed by atoms with E-state index in [4.69, 9.17) is 9.84 Å². The first-order chi connectivity index (χ1) is 9.26. The third-order valence-corrected chi connectivity index (χ3v) is 3.27. The standard InChI is InChI=1S/C10H13N5O3S/c1-18-5-7(4-16)12-10(17)9-8(2-3-19-9)15-6-11-13-14-15/h2-3,6-7,16H,4-5H2,1H3,(H,12,17). The topological polar surface area (TPSA) is 102 Å². The number of aliphatic hydroxyl groups excluding tert-OH is 1. The van der Waals surface area contributed by atoms with E-state index in [2.05, 4.69) is 20.8 Å². The van der Waals surface area contributed by atoms with Crippen molar-refractivity contribution >= 4 is 17.2 Å².